The van der Waals surface area contributed by atoms with Gasteiger partial charge >= 0.3 is 0 Å². The minimum Gasteiger partial charge on any atom is -0.378 e. The third-order valence-electron chi connectivity index (χ3n) is 5.38. The van der Waals surface area contributed by atoms with E-state index >= 15 is 0 Å². The van der Waals surface area contributed by atoms with E-state index in [4.69, 9.17) is 4.74 Å². The number of nitrogens with zero attached hydrogens (tertiary/aromatic N) is 1. The van der Waals surface area contributed by atoms with Crippen molar-refractivity contribution in [3.05, 3.63) is 0 Å². The number of likely N-dealkylation sites (N-methyl/N-ethyl adjacent to an activating group) is 1. The number of hydrogen-bond acceptors (Lipinski definition) is 3. The lowest BCUT2D eigenvalue weighted by Gasteiger charge is -2.52. The summed E-state index contributed by atoms with van der Waals surface area (Å²) in [6, 6.07) is 1.34. The van der Waals surface area contributed by atoms with Gasteiger partial charge in [-0.1, -0.05) is 20.8 Å². The van der Waals surface area contributed by atoms with Crippen LogP contribution < -0.4 is 5.32 Å². The molecule has 1 N–H and O–H groups in total. The summed E-state index contributed by atoms with van der Waals surface area (Å²) in [4.78, 5) is 2.73. The standard InChI is InChI=1S/C17H34N2O/c1-6-18-15-8-7-14(13(2)3)11-16(15)19-9-10-20-12-17(19,4)5/h13-16,18H,6-12H2,1-5H3. The molecule has 0 bridgehead atoms. The molecule has 20 heavy (non-hydrogen) atoms. The Labute approximate surface area is 125 Å². The second-order valence-electron chi connectivity index (χ2n) is 7.61. The molecular weight excluding hydrogens is 248 g/mol. The number of morpholine rings is 1. The zero-order chi connectivity index (χ0) is 14.8. The summed E-state index contributed by atoms with van der Waals surface area (Å²) in [5.41, 5.74) is 0.176. The van der Waals surface area contributed by atoms with Crippen LogP contribution in [0.15, 0.2) is 0 Å². The van der Waals surface area contributed by atoms with Gasteiger partial charge in [0.05, 0.1) is 13.2 Å². The third kappa shape index (κ3) is 3.55. The molecule has 1 aliphatic carbocycles. The van der Waals surface area contributed by atoms with Gasteiger partial charge in [0.15, 0.2) is 0 Å². The van der Waals surface area contributed by atoms with E-state index in [9.17, 15) is 0 Å². The van der Waals surface area contributed by atoms with Crippen LogP contribution in [-0.2, 0) is 4.74 Å². The summed E-state index contributed by atoms with van der Waals surface area (Å²) < 4.78 is 5.71. The molecule has 118 valence electrons. The van der Waals surface area contributed by atoms with Crippen molar-refractivity contribution in [1.29, 1.82) is 0 Å². The first-order valence-electron chi connectivity index (χ1n) is 8.53. The first-order valence-corrected chi connectivity index (χ1v) is 8.53. The van der Waals surface area contributed by atoms with Crippen molar-refractivity contribution in [2.75, 3.05) is 26.3 Å². The van der Waals surface area contributed by atoms with Gasteiger partial charge < -0.3 is 10.1 Å². The van der Waals surface area contributed by atoms with Crippen LogP contribution in [-0.4, -0.2) is 48.8 Å². The average molecular weight is 282 g/mol. The zero-order valence-electron chi connectivity index (χ0n) is 14.1. The second kappa shape index (κ2) is 6.76. The van der Waals surface area contributed by atoms with Gasteiger partial charge in [0.2, 0.25) is 0 Å². The number of hydrogen-bond donors (Lipinski definition) is 1. The minimum atomic E-state index is 0.176. The van der Waals surface area contributed by atoms with Gasteiger partial charge in [0.1, 0.15) is 0 Å². The van der Waals surface area contributed by atoms with Crippen molar-refractivity contribution in [3.63, 3.8) is 0 Å². The van der Waals surface area contributed by atoms with Crippen LogP contribution in [0.2, 0.25) is 0 Å². The molecule has 1 saturated carbocycles. The van der Waals surface area contributed by atoms with E-state index in [1.54, 1.807) is 0 Å². The lowest BCUT2D eigenvalue weighted by atomic mass is 9.75. The number of rotatable bonds is 4. The molecule has 0 amide bonds. The summed E-state index contributed by atoms with van der Waals surface area (Å²) in [5.74, 6) is 1.69. The summed E-state index contributed by atoms with van der Waals surface area (Å²) in [5, 5.41) is 3.75. The highest BCUT2D eigenvalue weighted by atomic mass is 16.5. The van der Waals surface area contributed by atoms with Crippen LogP contribution in [0.5, 0.6) is 0 Å². The summed E-state index contributed by atoms with van der Waals surface area (Å²) in [6.45, 7) is 15.6. The fraction of sp³-hybridized carbons (Fsp3) is 1.00. The van der Waals surface area contributed by atoms with Crippen molar-refractivity contribution in [3.8, 4) is 0 Å². The predicted octanol–water partition coefficient (Wildman–Crippen LogP) is 2.90. The Morgan fingerprint density at radius 2 is 2.05 bits per heavy atom. The van der Waals surface area contributed by atoms with E-state index in [-0.39, 0.29) is 5.54 Å². The molecule has 1 aliphatic heterocycles. The second-order valence-corrected chi connectivity index (χ2v) is 7.61. The van der Waals surface area contributed by atoms with E-state index in [2.05, 4.69) is 44.8 Å². The van der Waals surface area contributed by atoms with E-state index in [0.717, 1.165) is 38.1 Å². The number of ether oxygens (including phenoxy) is 1. The van der Waals surface area contributed by atoms with Crippen molar-refractivity contribution in [2.24, 2.45) is 11.8 Å². The summed E-state index contributed by atoms with van der Waals surface area (Å²) >= 11 is 0. The molecule has 3 atom stereocenters. The molecule has 3 nitrogen and oxygen atoms in total. The van der Waals surface area contributed by atoms with Crippen LogP contribution in [0.25, 0.3) is 0 Å². The highest BCUT2D eigenvalue weighted by Gasteiger charge is 2.41. The molecule has 2 aliphatic rings. The Morgan fingerprint density at radius 1 is 1.30 bits per heavy atom. The van der Waals surface area contributed by atoms with Crippen LogP contribution in [0.3, 0.4) is 0 Å². The number of nitrogens with one attached hydrogen (secondary N) is 1. The largest absolute Gasteiger partial charge is 0.378 e. The van der Waals surface area contributed by atoms with Crippen molar-refractivity contribution < 1.29 is 4.74 Å². The lowest BCUT2D eigenvalue weighted by molar-refractivity contribution is -0.0899. The zero-order valence-corrected chi connectivity index (χ0v) is 14.1. The van der Waals surface area contributed by atoms with Crippen molar-refractivity contribution in [1.82, 2.24) is 10.2 Å². The maximum atomic E-state index is 5.71. The van der Waals surface area contributed by atoms with Crippen LogP contribution in [0.1, 0.15) is 53.9 Å². The molecule has 3 heteroatoms. The molecule has 0 aromatic carbocycles. The van der Waals surface area contributed by atoms with E-state index in [1.807, 2.05) is 0 Å². The Kier molecular flexibility index (Phi) is 5.49. The Balaban J connectivity index is 2.13. The topological polar surface area (TPSA) is 24.5 Å². The van der Waals surface area contributed by atoms with E-state index in [1.165, 1.54) is 19.3 Å². The Hall–Kier alpha value is -0.120. The third-order valence-corrected chi connectivity index (χ3v) is 5.38. The quantitative estimate of drug-likeness (QED) is 0.858. The highest BCUT2D eigenvalue weighted by molar-refractivity contribution is 4.98. The molecular formula is C17H34N2O. The molecule has 3 unspecified atom stereocenters. The lowest BCUT2D eigenvalue weighted by Crippen LogP contribution is -2.63. The predicted molar refractivity (Wildman–Crippen MR) is 85.0 cm³/mol. The van der Waals surface area contributed by atoms with Crippen molar-refractivity contribution in [2.45, 2.75) is 71.5 Å². The van der Waals surface area contributed by atoms with Gasteiger partial charge in [-0.15, -0.1) is 0 Å². The maximum Gasteiger partial charge on any atom is 0.0645 e. The summed E-state index contributed by atoms with van der Waals surface area (Å²) in [7, 11) is 0. The van der Waals surface area contributed by atoms with E-state index < -0.39 is 0 Å². The smallest absolute Gasteiger partial charge is 0.0645 e. The van der Waals surface area contributed by atoms with Gasteiger partial charge in [0.25, 0.3) is 0 Å². The first kappa shape index (κ1) is 16.3. The van der Waals surface area contributed by atoms with Crippen molar-refractivity contribution >= 4 is 0 Å². The molecule has 0 radical (unpaired) electrons. The maximum absolute atomic E-state index is 5.71. The Morgan fingerprint density at radius 3 is 2.65 bits per heavy atom. The molecule has 2 rings (SSSR count). The van der Waals surface area contributed by atoms with Gasteiger partial charge in [-0.05, 0) is 51.5 Å². The van der Waals surface area contributed by atoms with Crippen LogP contribution >= 0.6 is 0 Å². The SMILES string of the molecule is CCNC1CCC(C(C)C)CC1N1CCOCC1(C)C. The van der Waals surface area contributed by atoms with Gasteiger partial charge in [0, 0.05) is 24.2 Å². The molecule has 0 spiro atoms. The van der Waals surface area contributed by atoms with Gasteiger partial charge in [-0.25, -0.2) is 0 Å². The molecule has 2 fully saturated rings. The Bertz CT molecular complexity index is 303. The fourth-order valence-electron chi connectivity index (χ4n) is 4.11. The normalized spacial score (nSPS) is 35.4. The molecule has 0 aromatic heterocycles. The summed E-state index contributed by atoms with van der Waals surface area (Å²) in [6.07, 6.45) is 4.06. The highest BCUT2D eigenvalue weighted by Crippen LogP contribution is 2.36. The fourth-order valence-corrected chi connectivity index (χ4v) is 4.11. The average Bonchev–Trinajstić information content (AvgIpc) is 2.39. The van der Waals surface area contributed by atoms with E-state index in [0.29, 0.717) is 12.1 Å². The minimum absolute atomic E-state index is 0.176. The van der Waals surface area contributed by atoms with Gasteiger partial charge in [-0.2, -0.15) is 0 Å². The monoisotopic (exact) mass is 282 g/mol. The molecule has 0 aromatic rings. The molecule has 1 saturated heterocycles. The van der Waals surface area contributed by atoms with Crippen LogP contribution in [0.4, 0.5) is 0 Å². The van der Waals surface area contributed by atoms with Crippen LogP contribution in [0, 0.1) is 11.8 Å². The van der Waals surface area contributed by atoms with Gasteiger partial charge in [-0.3, -0.25) is 4.90 Å². The molecule has 1 heterocycles. The first-order chi connectivity index (χ1) is 9.45.